The summed E-state index contributed by atoms with van der Waals surface area (Å²) < 4.78 is 22.3. The van der Waals surface area contributed by atoms with Crippen molar-refractivity contribution in [2.45, 2.75) is 51.1 Å². The molecule has 1 fully saturated rings. The van der Waals surface area contributed by atoms with Gasteiger partial charge in [0.1, 0.15) is 6.10 Å². The molecular weight excluding hydrogens is 412 g/mol. The minimum atomic E-state index is -1.25. The van der Waals surface area contributed by atoms with Crippen LogP contribution in [0.1, 0.15) is 53.8 Å². The summed E-state index contributed by atoms with van der Waals surface area (Å²) >= 11 is 0. The Labute approximate surface area is 187 Å². The Kier molecular flexibility index (Phi) is 8.14. The van der Waals surface area contributed by atoms with Gasteiger partial charge in [-0.1, -0.05) is 43.3 Å². The number of ether oxygens (including phenoxy) is 4. The average Bonchev–Trinajstić information content (AvgIpc) is 3.27. The Bertz CT molecular complexity index is 904. The van der Waals surface area contributed by atoms with Gasteiger partial charge in [0, 0.05) is 12.8 Å². The van der Waals surface area contributed by atoms with Crippen molar-refractivity contribution < 1.29 is 33.3 Å². The van der Waals surface area contributed by atoms with E-state index in [0.29, 0.717) is 37.2 Å². The molecule has 0 aliphatic carbocycles. The predicted molar refractivity (Wildman–Crippen MR) is 116 cm³/mol. The molecular formula is C25H28O7. The van der Waals surface area contributed by atoms with Crippen molar-refractivity contribution in [2.75, 3.05) is 13.2 Å². The number of carbonyl (C=O) groups excluding carboxylic acids is 3. The zero-order chi connectivity index (χ0) is 23.0. The second-order valence-electron chi connectivity index (χ2n) is 7.71. The smallest absolute Gasteiger partial charge is 0.338 e. The average molecular weight is 440 g/mol. The number of hydrogen-bond donors (Lipinski definition) is 0. The van der Waals surface area contributed by atoms with E-state index in [2.05, 4.69) is 0 Å². The Morgan fingerprint density at radius 1 is 0.875 bits per heavy atom. The Morgan fingerprint density at radius 3 is 1.88 bits per heavy atom. The summed E-state index contributed by atoms with van der Waals surface area (Å²) in [7, 11) is 0. The summed E-state index contributed by atoms with van der Waals surface area (Å²) in [5, 5.41) is 0. The highest BCUT2D eigenvalue weighted by molar-refractivity contribution is 5.94. The molecule has 170 valence electrons. The molecule has 0 amide bonds. The van der Waals surface area contributed by atoms with E-state index >= 15 is 0 Å². The molecule has 1 aliphatic rings. The lowest BCUT2D eigenvalue weighted by atomic mass is 10.00. The van der Waals surface area contributed by atoms with Gasteiger partial charge in [0.15, 0.2) is 17.7 Å². The Balaban J connectivity index is 1.76. The first kappa shape index (κ1) is 23.6. The van der Waals surface area contributed by atoms with Gasteiger partial charge in [0.05, 0.1) is 24.3 Å². The third-order valence-electron chi connectivity index (χ3n) is 5.29. The maximum absolute atomic E-state index is 13.1. The molecule has 3 rings (SSSR count). The van der Waals surface area contributed by atoms with Crippen LogP contribution in [-0.2, 0) is 23.7 Å². The molecule has 0 N–H and O–H groups in total. The standard InChI is InChI=1S/C25H28O7/c1-3-21(31-23(27)18-10-6-4-7-11-18)22(32-24(28)19-12-8-5-9-13-19)20(26)14-15-25(2)29-16-17-30-25/h4-13,21-22H,3,14-17H2,1-2H3/t21-,22-/m1/s1. The molecule has 2 aromatic rings. The Hall–Kier alpha value is -3.03. The van der Waals surface area contributed by atoms with Crippen molar-refractivity contribution in [1.82, 2.24) is 0 Å². The van der Waals surface area contributed by atoms with Gasteiger partial charge in [-0.05, 0) is 37.6 Å². The lowest BCUT2D eigenvalue weighted by Gasteiger charge is -2.27. The van der Waals surface area contributed by atoms with Crippen molar-refractivity contribution in [3.05, 3.63) is 71.8 Å². The van der Waals surface area contributed by atoms with Gasteiger partial charge >= 0.3 is 11.9 Å². The van der Waals surface area contributed by atoms with Crippen LogP contribution in [0.3, 0.4) is 0 Å². The van der Waals surface area contributed by atoms with Crippen molar-refractivity contribution in [3.63, 3.8) is 0 Å². The summed E-state index contributed by atoms with van der Waals surface area (Å²) in [5.41, 5.74) is 0.663. The van der Waals surface area contributed by atoms with Crippen molar-refractivity contribution in [2.24, 2.45) is 0 Å². The Morgan fingerprint density at radius 2 is 1.38 bits per heavy atom. The number of Topliss-reactive ketones (excluding diaryl/α,β-unsaturated/α-hetero) is 1. The van der Waals surface area contributed by atoms with Gasteiger partial charge in [0.25, 0.3) is 0 Å². The minimum absolute atomic E-state index is 0.0443. The third-order valence-corrected chi connectivity index (χ3v) is 5.29. The van der Waals surface area contributed by atoms with E-state index in [1.165, 1.54) is 0 Å². The van der Waals surface area contributed by atoms with E-state index in [1.807, 2.05) is 0 Å². The summed E-state index contributed by atoms with van der Waals surface area (Å²) in [6.07, 6.45) is -1.54. The number of esters is 2. The highest BCUT2D eigenvalue weighted by atomic mass is 16.7. The molecule has 1 saturated heterocycles. The van der Waals surface area contributed by atoms with Crippen LogP contribution in [0.15, 0.2) is 60.7 Å². The van der Waals surface area contributed by atoms with E-state index in [-0.39, 0.29) is 12.2 Å². The molecule has 0 bridgehead atoms. The number of rotatable bonds is 10. The van der Waals surface area contributed by atoms with Crippen LogP contribution in [0.4, 0.5) is 0 Å². The number of benzene rings is 2. The second kappa shape index (κ2) is 11.0. The van der Waals surface area contributed by atoms with Crippen LogP contribution in [0.2, 0.25) is 0 Å². The van der Waals surface area contributed by atoms with Crippen LogP contribution in [-0.4, -0.2) is 48.9 Å². The topological polar surface area (TPSA) is 88.1 Å². The summed E-state index contributed by atoms with van der Waals surface area (Å²) in [6, 6.07) is 16.9. The van der Waals surface area contributed by atoms with E-state index < -0.39 is 29.9 Å². The summed E-state index contributed by atoms with van der Waals surface area (Å²) in [5.74, 6) is -2.45. The molecule has 0 unspecified atom stereocenters. The molecule has 32 heavy (non-hydrogen) atoms. The molecule has 2 atom stereocenters. The van der Waals surface area contributed by atoms with Crippen LogP contribution in [0.5, 0.6) is 0 Å². The van der Waals surface area contributed by atoms with Crippen LogP contribution in [0.25, 0.3) is 0 Å². The van der Waals surface area contributed by atoms with Crippen LogP contribution < -0.4 is 0 Å². The fourth-order valence-electron chi connectivity index (χ4n) is 3.44. The highest BCUT2D eigenvalue weighted by Crippen LogP contribution is 2.26. The molecule has 1 heterocycles. The molecule has 0 saturated carbocycles. The fraction of sp³-hybridized carbons (Fsp3) is 0.400. The van der Waals surface area contributed by atoms with Gasteiger partial charge in [0.2, 0.25) is 0 Å². The second-order valence-corrected chi connectivity index (χ2v) is 7.71. The zero-order valence-electron chi connectivity index (χ0n) is 18.3. The SMILES string of the molecule is CC[C@@H](OC(=O)c1ccccc1)[C@H](OC(=O)c1ccccc1)C(=O)CCC1(C)OCCO1. The maximum Gasteiger partial charge on any atom is 0.338 e. The first-order chi connectivity index (χ1) is 15.4. The molecule has 0 radical (unpaired) electrons. The lowest BCUT2D eigenvalue weighted by Crippen LogP contribution is -2.41. The van der Waals surface area contributed by atoms with E-state index in [9.17, 15) is 14.4 Å². The van der Waals surface area contributed by atoms with E-state index in [1.54, 1.807) is 74.5 Å². The minimum Gasteiger partial charge on any atom is -0.454 e. The highest BCUT2D eigenvalue weighted by Gasteiger charge is 2.37. The van der Waals surface area contributed by atoms with Crippen molar-refractivity contribution in [1.29, 1.82) is 0 Å². The first-order valence-electron chi connectivity index (χ1n) is 10.7. The molecule has 7 nitrogen and oxygen atoms in total. The normalized spacial score (nSPS) is 16.7. The summed E-state index contributed by atoms with van der Waals surface area (Å²) in [6.45, 7) is 4.46. The first-order valence-corrected chi connectivity index (χ1v) is 10.7. The molecule has 2 aromatic carbocycles. The predicted octanol–water partition coefficient (Wildman–Crippen LogP) is 3.96. The van der Waals surface area contributed by atoms with Crippen molar-refractivity contribution >= 4 is 17.7 Å². The number of hydrogen-bond acceptors (Lipinski definition) is 7. The van der Waals surface area contributed by atoms with Crippen LogP contribution in [0, 0.1) is 0 Å². The van der Waals surface area contributed by atoms with Gasteiger partial charge < -0.3 is 18.9 Å². The molecule has 1 aliphatic heterocycles. The third kappa shape index (κ3) is 6.24. The van der Waals surface area contributed by atoms with Crippen molar-refractivity contribution in [3.8, 4) is 0 Å². The molecule has 7 heteroatoms. The van der Waals surface area contributed by atoms with Gasteiger partial charge in [-0.25, -0.2) is 9.59 Å². The number of ketones is 1. The van der Waals surface area contributed by atoms with Gasteiger partial charge in [-0.15, -0.1) is 0 Å². The molecule has 0 spiro atoms. The maximum atomic E-state index is 13.1. The molecule has 0 aromatic heterocycles. The van der Waals surface area contributed by atoms with Gasteiger partial charge in [-0.2, -0.15) is 0 Å². The largest absolute Gasteiger partial charge is 0.454 e. The van der Waals surface area contributed by atoms with E-state index in [4.69, 9.17) is 18.9 Å². The lowest BCUT2D eigenvalue weighted by molar-refractivity contribution is -0.155. The monoisotopic (exact) mass is 440 g/mol. The van der Waals surface area contributed by atoms with Gasteiger partial charge in [-0.3, -0.25) is 4.79 Å². The fourth-order valence-corrected chi connectivity index (χ4v) is 3.44. The quantitative estimate of drug-likeness (QED) is 0.517. The number of carbonyl (C=O) groups is 3. The van der Waals surface area contributed by atoms with Crippen LogP contribution >= 0.6 is 0 Å². The van der Waals surface area contributed by atoms with E-state index in [0.717, 1.165) is 0 Å². The summed E-state index contributed by atoms with van der Waals surface area (Å²) in [4.78, 5) is 38.4. The zero-order valence-corrected chi connectivity index (χ0v) is 18.3.